The van der Waals surface area contributed by atoms with Crippen LogP contribution < -0.4 is 0 Å². The molecule has 2 heterocycles. The Morgan fingerprint density at radius 3 is 1.82 bits per heavy atom. The molecule has 7 rings (SSSR count). The van der Waals surface area contributed by atoms with E-state index in [2.05, 4.69) is 76.7 Å². The fourth-order valence-electron chi connectivity index (χ4n) is 4.86. The first-order valence-electron chi connectivity index (χ1n) is 12.3. The molecule has 38 heavy (non-hydrogen) atoms. The Bertz CT molecular complexity index is 1910. The van der Waals surface area contributed by atoms with Gasteiger partial charge in [0.05, 0.1) is 0 Å². The van der Waals surface area contributed by atoms with Crippen LogP contribution in [0.2, 0.25) is 5.28 Å². The van der Waals surface area contributed by atoms with E-state index in [4.69, 9.17) is 21.0 Å². The molecule has 0 unspecified atom stereocenters. The number of hydrogen-bond acceptors (Lipinski definition) is 4. The number of fused-ring (bicyclic) bond motifs is 3. The maximum absolute atomic E-state index is 6.35. The van der Waals surface area contributed by atoms with Gasteiger partial charge in [-0.2, -0.15) is 9.97 Å². The van der Waals surface area contributed by atoms with Gasteiger partial charge in [0.15, 0.2) is 11.6 Å². The summed E-state index contributed by atoms with van der Waals surface area (Å²) in [5.41, 5.74) is 7.92. The maximum Gasteiger partial charge on any atom is 0.226 e. The van der Waals surface area contributed by atoms with Crippen molar-refractivity contribution in [3.63, 3.8) is 0 Å². The predicted molar refractivity (Wildman–Crippen MR) is 154 cm³/mol. The lowest BCUT2D eigenvalue weighted by Gasteiger charge is -2.06. The van der Waals surface area contributed by atoms with Gasteiger partial charge in [0.1, 0.15) is 11.2 Å². The quantitative estimate of drug-likeness (QED) is 0.237. The second-order valence-electron chi connectivity index (χ2n) is 9.05. The van der Waals surface area contributed by atoms with E-state index >= 15 is 0 Å². The first-order valence-corrected chi connectivity index (χ1v) is 12.7. The van der Waals surface area contributed by atoms with Crippen molar-refractivity contribution < 1.29 is 4.42 Å². The Kier molecular flexibility index (Phi) is 5.46. The van der Waals surface area contributed by atoms with Crippen molar-refractivity contribution in [2.45, 2.75) is 0 Å². The molecule has 0 bridgehead atoms. The van der Waals surface area contributed by atoms with Gasteiger partial charge in [0, 0.05) is 21.9 Å². The highest BCUT2D eigenvalue weighted by molar-refractivity contribution is 6.28. The number of benzene rings is 5. The van der Waals surface area contributed by atoms with Crippen LogP contribution in [0.3, 0.4) is 0 Å². The molecule has 0 radical (unpaired) electrons. The molecule has 0 atom stereocenters. The molecular weight excluding hydrogens is 490 g/mol. The fraction of sp³-hybridized carbons (Fsp3) is 0. The van der Waals surface area contributed by atoms with Gasteiger partial charge in [0.25, 0.3) is 0 Å². The highest BCUT2D eigenvalue weighted by Crippen LogP contribution is 2.38. The zero-order valence-corrected chi connectivity index (χ0v) is 20.9. The monoisotopic (exact) mass is 509 g/mol. The van der Waals surface area contributed by atoms with Crippen LogP contribution in [0.15, 0.2) is 126 Å². The number of nitrogens with zero attached hydrogens (tertiary/aromatic N) is 3. The SMILES string of the molecule is Clc1nc(-c2ccccc2)nc(-c2cccc3oc4cc(-c5ccc(-c6ccccc6)cc5)ccc4c23)n1. The van der Waals surface area contributed by atoms with Crippen molar-refractivity contribution >= 4 is 33.5 Å². The van der Waals surface area contributed by atoms with Gasteiger partial charge >= 0.3 is 0 Å². The summed E-state index contributed by atoms with van der Waals surface area (Å²) >= 11 is 6.35. The van der Waals surface area contributed by atoms with Crippen molar-refractivity contribution in [2.75, 3.05) is 0 Å². The molecule has 0 saturated carbocycles. The van der Waals surface area contributed by atoms with E-state index in [0.29, 0.717) is 11.6 Å². The molecule has 0 saturated heterocycles. The molecular formula is C33H20ClN3O. The van der Waals surface area contributed by atoms with Crippen LogP contribution in [-0.2, 0) is 0 Å². The first-order chi connectivity index (χ1) is 18.7. The van der Waals surface area contributed by atoms with Crippen LogP contribution in [0.1, 0.15) is 0 Å². The fourth-order valence-corrected chi connectivity index (χ4v) is 5.02. The van der Waals surface area contributed by atoms with E-state index < -0.39 is 0 Å². The Balaban J connectivity index is 1.32. The van der Waals surface area contributed by atoms with Crippen LogP contribution in [-0.4, -0.2) is 15.0 Å². The lowest BCUT2D eigenvalue weighted by Crippen LogP contribution is -1.97. The second kappa shape index (κ2) is 9.25. The van der Waals surface area contributed by atoms with Gasteiger partial charge in [0.2, 0.25) is 5.28 Å². The molecule has 0 fully saturated rings. The molecule has 0 aliphatic heterocycles. The molecule has 5 heteroatoms. The van der Waals surface area contributed by atoms with Crippen molar-refractivity contribution in [2.24, 2.45) is 0 Å². The smallest absolute Gasteiger partial charge is 0.226 e. The summed E-state index contributed by atoms with van der Waals surface area (Å²) in [4.78, 5) is 13.6. The predicted octanol–water partition coefficient (Wildman–Crippen LogP) is 9.09. The Morgan fingerprint density at radius 2 is 1.08 bits per heavy atom. The average Bonchev–Trinajstić information content (AvgIpc) is 3.36. The number of rotatable bonds is 4. The van der Waals surface area contributed by atoms with E-state index in [-0.39, 0.29) is 5.28 Å². The lowest BCUT2D eigenvalue weighted by atomic mass is 9.99. The Labute approximate surface area is 224 Å². The summed E-state index contributed by atoms with van der Waals surface area (Å²) in [7, 11) is 0. The summed E-state index contributed by atoms with van der Waals surface area (Å²) in [5, 5.41) is 2.10. The summed E-state index contributed by atoms with van der Waals surface area (Å²) in [6.07, 6.45) is 0. The van der Waals surface area contributed by atoms with Crippen LogP contribution in [0, 0.1) is 0 Å². The molecule has 4 nitrogen and oxygen atoms in total. The zero-order valence-electron chi connectivity index (χ0n) is 20.2. The van der Waals surface area contributed by atoms with E-state index in [0.717, 1.165) is 44.2 Å². The topological polar surface area (TPSA) is 51.8 Å². The zero-order chi connectivity index (χ0) is 25.5. The van der Waals surface area contributed by atoms with E-state index in [1.165, 1.54) is 11.1 Å². The molecule has 180 valence electrons. The van der Waals surface area contributed by atoms with Crippen molar-refractivity contribution in [1.82, 2.24) is 15.0 Å². The van der Waals surface area contributed by atoms with E-state index in [1.807, 2.05) is 54.6 Å². The first kappa shape index (κ1) is 22.4. The third-order valence-corrected chi connectivity index (χ3v) is 6.87. The van der Waals surface area contributed by atoms with Gasteiger partial charge < -0.3 is 4.42 Å². The molecule has 0 aliphatic carbocycles. The number of furan rings is 1. The second-order valence-corrected chi connectivity index (χ2v) is 9.39. The normalized spacial score (nSPS) is 11.3. The van der Waals surface area contributed by atoms with Gasteiger partial charge in [-0.1, -0.05) is 103 Å². The van der Waals surface area contributed by atoms with Crippen LogP contribution in [0.5, 0.6) is 0 Å². The summed E-state index contributed by atoms with van der Waals surface area (Å²) in [6.45, 7) is 0. The molecule has 7 aromatic rings. The average molecular weight is 510 g/mol. The minimum Gasteiger partial charge on any atom is -0.456 e. The van der Waals surface area contributed by atoms with Gasteiger partial charge in [-0.05, 0) is 52.1 Å². The minimum absolute atomic E-state index is 0.153. The highest BCUT2D eigenvalue weighted by Gasteiger charge is 2.17. The molecule has 0 N–H and O–H groups in total. The Hall–Kier alpha value is -4.80. The maximum atomic E-state index is 6.35. The highest BCUT2D eigenvalue weighted by atomic mass is 35.5. The molecule has 0 aliphatic rings. The molecule has 5 aromatic carbocycles. The van der Waals surface area contributed by atoms with Crippen LogP contribution in [0.4, 0.5) is 0 Å². The molecule has 0 amide bonds. The Morgan fingerprint density at radius 1 is 0.474 bits per heavy atom. The van der Waals surface area contributed by atoms with Gasteiger partial charge in [-0.3, -0.25) is 0 Å². The van der Waals surface area contributed by atoms with Crippen LogP contribution >= 0.6 is 11.6 Å². The lowest BCUT2D eigenvalue weighted by molar-refractivity contribution is 0.669. The van der Waals surface area contributed by atoms with Gasteiger partial charge in [-0.25, -0.2) is 4.98 Å². The van der Waals surface area contributed by atoms with Crippen molar-refractivity contribution in [1.29, 1.82) is 0 Å². The summed E-state index contributed by atoms with van der Waals surface area (Å²) in [6, 6.07) is 41.0. The van der Waals surface area contributed by atoms with Gasteiger partial charge in [-0.15, -0.1) is 0 Å². The number of aromatic nitrogens is 3. The molecule has 0 spiro atoms. The summed E-state index contributed by atoms with van der Waals surface area (Å²) < 4.78 is 6.31. The van der Waals surface area contributed by atoms with E-state index in [9.17, 15) is 0 Å². The minimum atomic E-state index is 0.153. The summed E-state index contributed by atoms with van der Waals surface area (Å²) in [5.74, 6) is 1.05. The van der Waals surface area contributed by atoms with Crippen LogP contribution in [0.25, 0.3) is 67.0 Å². The standard InChI is InChI=1S/C33H20ClN3O/c34-33-36-31(24-10-5-2-6-11-24)35-32(37-33)27-12-7-13-28-30(27)26-19-18-25(20-29(26)38-28)23-16-14-22(15-17-23)21-8-3-1-4-9-21/h1-20H. The molecule has 2 aromatic heterocycles. The number of halogens is 1. The van der Waals surface area contributed by atoms with E-state index in [1.54, 1.807) is 0 Å². The largest absolute Gasteiger partial charge is 0.456 e. The number of hydrogen-bond donors (Lipinski definition) is 0. The van der Waals surface area contributed by atoms with Crippen molar-refractivity contribution in [3.8, 4) is 45.0 Å². The third kappa shape index (κ3) is 4.01. The third-order valence-electron chi connectivity index (χ3n) is 6.70. The van der Waals surface area contributed by atoms with Crippen molar-refractivity contribution in [3.05, 3.63) is 127 Å².